The molecule has 5 N–H and O–H groups in total. The molecule has 0 aliphatic heterocycles. The Morgan fingerprint density at radius 2 is 1.70 bits per heavy atom. The average molecular weight is 379 g/mol. The molecule has 9 nitrogen and oxygen atoms in total. The van der Waals surface area contributed by atoms with Crippen LogP contribution in [0.15, 0.2) is 36.5 Å². The van der Waals surface area contributed by atoms with Crippen LogP contribution in [-0.2, 0) is 0 Å². The highest BCUT2D eigenvalue weighted by Gasteiger charge is 2.31. The summed E-state index contributed by atoms with van der Waals surface area (Å²) in [4.78, 5) is 13.8. The number of carbonyl (C=O) groups is 1. The number of amides is 1. The highest BCUT2D eigenvalue weighted by molar-refractivity contribution is 5.95. The molecule has 0 saturated carbocycles. The van der Waals surface area contributed by atoms with Gasteiger partial charge < -0.3 is 30.4 Å². The van der Waals surface area contributed by atoms with Crippen LogP contribution in [0.5, 0.6) is 0 Å². The van der Waals surface area contributed by atoms with Gasteiger partial charge in [0.05, 0.1) is 29.7 Å². The molecule has 4 unspecified atom stereocenters. The van der Waals surface area contributed by atoms with Gasteiger partial charge in [-0.05, 0) is 19.1 Å². The summed E-state index contributed by atoms with van der Waals surface area (Å²) in [6.07, 6.45) is -5.15. The summed E-state index contributed by atoms with van der Waals surface area (Å²) in [5.41, 5.74) is 1.75. The summed E-state index contributed by atoms with van der Waals surface area (Å²) in [6, 6.07) is 9.29. The molecule has 1 heterocycles. The number of benzene rings is 1. The molecule has 9 heteroatoms. The molecule has 148 valence electrons. The van der Waals surface area contributed by atoms with Gasteiger partial charge >= 0.3 is 0 Å². The van der Waals surface area contributed by atoms with Gasteiger partial charge in [0.1, 0.15) is 24.4 Å². The number of carbonyl (C=O) groups excluding carboxylic acids is 1. The minimum Gasteiger partial charge on any atom is -0.394 e. The molecular weight excluding hydrogens is 354 g/mol. The van der Waals surface area contributed by atoms with Gasteiger partial charge in [0.25, 0.3) is 5.91 Å². The Balaban J connectivity index is 2.08. The van der Waals surface area contributed by atoms with Gasteiger partial charge in [-0.2, -0.15) is 5.10 Å². The highest BCUT2D eigenvalue weighted by atomic mass is 16.4. The van der Waals surface area contributed by atoms with E-state index in [0.29, 0.717) is 11.3 Å². The molecule has 0 radical (unpaired) electrons. The first-order valence-corrected chi connectivity index (χ1v) is 8.46. The third-order valence-corrected chi connectivity index (χ3v) is 4.37. The monoisotopic (exact) mass is 379 g/mol. The third-order valence-electron chi connectivity index (χ3n) is 4.37. The SMILES string of the molecule is Cc1c(C(=O)N(C)CC(O)C(O)C(O)C(O)CO)cnn1-c1ccccc1. The molecule has 0 aliphatic rings. The van der Waals surface area contributed by atoms with Crippen molar-refractivity contribution in [1.29, 1.82) is 0 Å². The Morgan fingerprint density at radius 1 is 1.11 bits per heavy atom. The van der Waals surface area contributed by atoms with E-state index >= 15 is 0 Å². The van der Waals surface area contributed by atoms with Gasteiger partial charge in [-0.1, -0.05) is 18.2 Å². The second-order valence-electron chi connectivity index (χ2n) is 6.38. The molecule has 0 fully saturated rings. The van der Waals surface area contributed by atoms with Gasteiger partial charge in [-0.25, -0.2) is 4.68 Å². The minimum absolute atomic E-state index is 0.287. The standard InChI is InChI=1S/C18H25N3O6/c1-11-13(8-19-21(11)12-6-4-3-5-7-12)18(27)20(2)9-14(23)16(25)17(26)15(24)10-22/h3-8,14-17,22-26H,9-10H2,1-2H3. The molecule has 0 spiro atoms. The molecule has 0 bridgehead atoms. The maximum absolute atomic E-state index is 12.7. The minimum atomic E-state index is -1.74. The van der Waals surface area contributed by atoms with Crippen molar-refractivity contribution < 1.29 is 30.3 Å². The topological polar surface area (TPSA) is 139 Å². The van der Waals surface area contributed by atoms with Crippen LogP contribution < -0.4 is 0 Å². The first kappa shape index (κ1) is 21.0. The summed E-state index contributed by atoms with van der Waals surface area (Å²) >= 11 is 0. The molecule has 1 amide bonds. The van der Waals surface area contributed by atoms with E-state index in [0.717, 1.165) is 5.69 Å². The summed E-state index contributed by atoms with van der Waals surface area (Å²) in [5.74, 6) is -0.418. The fourth-order valence-corrected chi connectivity index (χ4v) is 2.69. The molecule has 0 aliphatic carbocycles. The molecular formula is C18H25N3O6. The second-order valence-corrected chi connectivity index (χ2v) is 6.38. The number of hydrogen-bond donors (Lipinski definition) is 5. The number of likely N-dealkylation sites (N-methyl/N-ethyl adjacent to an activating group) is 1. The van der Waals surface area contributed by atoms with Crippen LogP contribution in [-0.4, -0.2) is 90.7 Å². The van der Waals surface area contributed by atoms with Crippen molar-refractivity contribution in [1.82, 2.24) is 14.7 Å². The van der Waals surface area contributed by atoms with Crippen LogP contribution in [0.3, 0.4) is 0 Å². The zero-order chi connectivity index (χ0) is 20.1. The van der Waals surface area contributed by atoms with Crippen molar-refractivity contribution in [2.24, 2.45) is 0 Å². The summed E-state index contributed by atoms with van der Waals surface area (Å²) in [7, 11) is 1.44. The second kappa shape index (κ2) is 9.07. The van der Waals surface area contributed by atoms with Crippen LogP contribution in [0.4, 0.5) is 0 Å². The van der Waals surface area contributed by atoms with Crippen LogP contribution in [0.1, 0.15) is 16.1 Å². The summed E-state index contributed by atoms with van der Waals surface area (Å²) in [5, 5.41) is 51.9. The number of rotatable bonds is 8. The lowest BCUT2D eigenvalue weighted by molar-refractivity contribution is -0.117. The first-order valence-electron chi connectivity index (χ1n) is 8.46. The lowest BCUT2D eigenvalue weighted by atomic mass is 10.0. The zero-order valence-electron chi connectivity index (χ0n) is 15.2. The van der Waals surface area contributed by atoms with Crippen molar-refractivity contribution in [3.8, 4) is 5.69 Å². The fraction of sp³-hybridized carbons (Fsp3) is 0.444. The molecule has 2 aromatic rings. The molecule has 4 atom stereocenters. The number of aromatic nitrogens is 2. The maximum Gasteiger partial charge on any atom is 0.257 e. The van der Waals surface area contributed by atoms with E-state index in [-0.39, 0.29) is 6.54 Å². The van der Waals surface area contributed by atoms with E-state index in [9.17, 15) is 25.2 Å². The number of aliphatic hydroxyl groups excluding tert-OH is 5. The van der Waals surface area contributed by atoms with E-state index in [4.69, 9.17) is 5.11 Å². The Labute approximate surface area is 156 Å². The quantitative estimate of drug-likeness (QED) is 0.384. The van der Waals surface area contributed by atoms with E-state index in [1.165, 1.54) is 18.1 Å². The van der Waals surface area contributed by atoms with Crippen LogP contribution in [0, 0.1) is 6.92 Å². The van der Waals surface area contributed by atoms with Crippen LogP contribution in [0.25, 0.3) is 5.69 Å². The van der Waals surface area contributed by atoms with E-state index in [2.05, 4.69) is 5.10 Å². The normalized spacial score (nSPS) is 15.8. The summed E-state index contributed by atoms with van der Waals surface area (Å²) < 4.78 is 1.62. The lowest BCUT2D eigenvalue weighted by Crippen LogP contribution is -2.50. The van der Waals surface area contributed by atoms with Crippen molar-refractivity contribution in [2.45, 2.75) is 31.3 Å². The molecule has 1 aromatic carbocycles. The predicted molar refractivity (Wildman–Crippen MR) is 96.4 cm³/mol. The van der Waals surface area contributed by atoms with Crippen LogP contribution >= 0.6 is 0 Å². The van der Waals surface area contributed by atoms with Gasteiger partial charge in [0, 0.05) is 13.6 Å². The van der Waals surface area contributed by atoms with E-state index in [1.54, 1.807) is 11.6 Å². The maximum atomic E-state index is 12.7. The van der Waals surface area contributed by atoms with Crippen LogP contribution in [0.2, 0.25) is 0 Å². The molecule has 2 rings (SSSR count). The van der Waals surface area contributed by atoms with Gasteiger partial charge in [-0.15, -0.1) is 0 Å². The van der Waals surface area contributed by atoms with E-state index in [1.807, 2.05) is 30.3 Å². The van der Waals surface area contributed by atoms with Gasteiger partial charge in [0.15, 0.2) is 0 Å². The largest absolute Gasteiger partial charge is 0.394 e. The average Bonchev–Trinajstić information content (AvgIpc) is 3.07. The number of para-hydroxylation sites is 1. The van der Waals surface area contributed by atoms with Gasteiger partial charge in [0.2, 0.25) is 0 Å². The van der Waals surface area contributed by atoms with Crippen molar-refractivity contribution >= 4 is 5.91 Å². The van der Waals surface area contributed by atoms with Crippen molar-refractivity contribution in [3.05, 3.63) is 47.8 Å². The van der Waals surface area contributed by atoms with Crippen molar-refractivity contribution in [2.75, 3.05) is 20.2 Å². The fourth-order valence-electron chi connectivity index (χ4n) is 2.69. The highest BCUT2D eigenvalue weighted by Crippen LogP contribution is 2.16. The Hall–Kier alpha value is -2.30. The number of hydrogen-bond acceptors (Lipinski definition) is 7. The van der Waals surface area contributed by atoms with Gasteiger partial charge in [-0.3, -0.25) is 4.79 Å². The number of aliphatic hydroxyl groups is 5. The third kappa shape index (κ3) is 4.71. The molecule has 0 saturated heterocycles. The molecule has 1 aromatic heterocycles. The smallest absolute Gasteiger partial charge is 0.257 e. The van der Waals surface area contributed by atoms with Crippen molar-refractivity contribution in [3.63, 3.8) is 0 Å². The predicted octanol–water partition coefficient (Wildman–Crippen LogP) is -1.31. The molecule has 27 heavy (non-hydrogen) atoms. The zero-order valence-corrected chi connectivity index (χ0v) is 15.2. The Morgan fingerprint density at radius 3 is 2.30 bits per heavy atom. The Bertz CT molecular complexity index is 751. The van der Waals surface area contributed by atoms with E-state index < -0.39 is 36.9 Å². The summed E-state index contributed by atoms with van der Waals surface area (Å²) in [6.45, 7) is 0.691. The first-order chi connectivity index (χ1) is 12.8. The number of nitrogens with zero attached hydrogens (tertiary/aromatic N) is 3. The lowest BCUT2D eigenvalue weighted by Gasteiger charge is -2.28. The Kier molecular flexibility index (Phi) is 7.05.